The molecule has 160 valence electrons. The highest BCUT2D eigenvalue weighted by Crippen LogP contribution is 2.42. The fourth-order valence-corrected chi connectivity index (χ4v) is 4.34. The van der Waals surface area contributed by atoms with Crippen LogP contribution >= 0.6 is 0 Å². The number of piperidine rings is 1. The second kappa shape index (κ2) is 7.72. The molecule has 0 bridgehead atoms. The minimum absolute atomic E-state index is 0.0334. The van der Waals surface area contributed by atoms with E-state index in [4.69, 9.17) is 9.47 Å². The number of carbonyl (C=O) groups is 1. The van der Waals surface area contributed by atoms with Gasteiger partial charge in [-0.3, -0.25) is 4.79 Å². The molecule has 1 fully saturated rings. The van der Waals surface area contributed by atoms with Crippen molar-refractivity contribution in [1.29, 1.82) is 0 Å². The van der Waals surface area contributed by atoms with Gasteiger partial charge in [0.1, 0.15) is 24.4 Å². The molecule has 2 aliphatic heterocycles. The predicted octanol–water partition coefficient (Wildman–Crippen LogP) is 3.66. The summed E-state index contributed by atoms with van der Waals surface area (Å²) in [7, 11) is 0. The molecule has 3 aromatic rings. The minimum Gasteiger partial charge on any atom is -0.486 e. The SMILES string of the molecule is CC1(C)Cc2cccc(OC3CCN(C(=O)c4cccc(-n5cncn5)c4)CC3)c2O1. The maximum absolute atomic E-state index is 13.0. The Morgan fingerprint density at radius 1 is 1.16 bits per heavy atom. The van der Waals surface area contributed by atoms with Crippen LogP contribution in [-0.4, -0.2) is 50.4 Å². The van der Waals surface area contributed by atoms with Crippen molar-refractivity contribution in [2.75, 3.05) is 13.1 Å². The molecule has 0 radical (unpaired) electrons. The summed E-state index contributed by atoms with van der Waals surface area (Å²) in [5.41, 5.74) is 2.48. The Balaban J connectivity index is 1.22. The molecule has 1 saturated heterocycles. The van der Waals surface area contributed by atoms with Crippen LogP contribution < -0.4 is 9.47 Å². The molecule has 0 saturated carbocycles. The third-order valence-electron chi connectivity index (χ3n) is 5.85. The van der Waals surface area contributed by atoms with Crippen LogP contribution in [0.25, 0.3) is 5.69 Å². The van der Waals surface area contributed by atoms with Gasteiger partial charge in [-0.2, -0.15) is 5.10 Å². The molecule has 1 aromatic heterocycles. The van der Waals surface area contributed by atoms with E-state index in [1.54, 1.807) is 11.0 Å². The Kier molecular flexibility index (Phi) is 4.88. The van der Waals surface area contributed by atoms with E-state index in [1.807, 2.05) is 41.3 Å². The van der Waals surface area contributed by atoms with E-state index in [1.165, 1.54) is 11.9 Å². The number of benzene rings is 2. The van der Waals surface area contributed by atoms with Gasteiger partial charge in [0.2, 0.25) is 0 Å². The molecular weight excluding hydrogens is 392 g/mol. The number of aromatic nitrogens is 3. The van der Waals surface area contributed by atoms with Gasteiger partial charge in [-0.25, -0.2) is 9.67 Å². The minimum atomic E-state index is -0.196. The molecule has 0 N–H and O–H groups in total. The average Bonchev–Trinajstić information content (AvgIpc) is 3.41. The number of carbonyl (C=O) groups excluding carboxylic acids is 1. The second-order valence-corrected chi connectivity index (χ2v) is 8.78. The Bertz CT molecular complexity index is 1090. The zero-order chi connectivity index (χ0) is 21.4. The molecule has 0 spiro atoms. The van der Waals surface area contributed by atoms with Gasteiger partial charge in [-0.05, 0) is 38.1 Å². The molecule has 2 aliphatic rings. The molecular formula is C24H26N4O3. The maximum atomic E-state index is 13.0. The van der Waals surface area contributed by atoms with Gasteiger partial charge in [0, 0.05) is 43.5 Å². The first-order valence-electron chi connectivity index (χ1n) is 10.7. The summed E-state index contributed by atoms with van der Waals surface area (Å²) >= 11 is 0. The second-order valence-electron chi connectivity index (χ2n) is 8.78. The van der Waals surface area contributed by atoms with Crippen LogP contribution in [0, 0.1) is 0 Å². The molecule has 0 atom stereocenters. The lowest BCUT2D eigenvalue weighted by atomic mass is 10.0. The van der Waals surface area contributed by atoms with Crippen molar-refractivity contribution < 1.29 is 14.3 Å². The standard InChI is InChI=1S/C24H26N4O3/c1-24(2)14-18-6-4-8-21(22(18)31-24)30-20-9-11-27(12-10-20)23(29)17-5-3-7-19(13-17)28-16-25-15-26-28/h3-8,13,15-16,20H,9-12,14H2,1-2H3. The molecule has 31 heavy (non-hydrogen) atoms. The number of fused-ring (bicyclic) bond motifs is 1. The van der Waals surface area contributed by atoms with Gasteiger partial charge in [0.25, 0.3) is 5.91 Å². The van der Waals surface area contributed by atoms with Crippen molar-refractivity contribution in [2.45, 2.75) is 44.8 Å². The van der Waals surface area contributed by atoms with Crippen molar-refractivity contribution in [3.05, 3.63) is 66.2 Å². The topological polar surface area (TPSA) is 69.5 Å². The third-order valence-corrected chi connectivity index (χ3v) is 5.85. The number of ether oxygens (including phenoxy) is 2. The first-order valence-corrected chi connectivity index (χ1v) is 10.7. The normalized spacial score (nSPS) is 17.8. The highest BCUT2D eigenvalue weighted by Gasteiger charge is 2.33. The van der Waals surface area contributed by atoms with Crippen LogP contribution in [0.4, 0.5) is 0 Å². The van der Waals surface area contributed by atoms with Crippen molar-refractivity contribution >= 4 is 5.91 Å². The number of nitrogens with zero attached hydrogens (tertiary/aromatic N) is 4. The number of amides is 1. The van der Waals surface area contributed by atoms with Crippen LogP contribution in [0.1, 0.15) is 42.6 Å². The maximum Gasteiger partial charge on any atom is 0.253 e. The number of para-hydroxylation sites is 1. The summed E-state index contributed by atoms with van der Waals surface area (Å²) in [4.78, 5) is 18.9. The van der Waals surface area contributed by atoms with E-state index in [9.17, 15) is 4.79 Å². The van der Waals surface area contributed by atoms with E-state index >= 15 is 0 Å². The molecule has 7 nitrogen and oxygen atoms in total. The van der Waals surface area contributed by atoms with Crippen LogP contribution in [0.2, 0.25) is 0 Å². The van der Waals surface area contributed by atoms with Crippen LogP contribution in [0.15, 0.2) is 55.1 Å². The summed E-state index contributed by atoms with van der Waals surface area (Å²) in [5, 5.41) is 4.14. The molecule has 3 heterocycles. The first kappa shape index (κ1) is 19.6. The Morgan fingerprint density at radius 2 is 1.97 bits per heavy atom. The Hall–Kier alpha value is -3.35. The molecule has 7 heteroatoms. The molecule has 0 aliphatic carbocycles. The predicted molar refractivity (Wildman–Crippen MR) is 116 cm³/mol. The summed E-state index contributed by atoms with van der Waals surface area (Å²) in [5.74, 6) is 1.72. The van der Waals surface area contributed by atoms with Crippen molar-refractivity contribution in [3.8, 4) is 17.2 Å². The lowest BCUT2D eigenvalue weighted by Crippen LogP contribution is -2.41. The lowest BCUT2D eigenvalue weighted by molar-refractivity contribution is 0.0578. The van der Waals surface area contributed by atoms with Gasteiger partial charge < -0.3 is 14.4 Å². The van der Waals surface area contributed by atoms with Gasteiger partial charge in [0.15, 0.2) is 11.5 Å². The quantitative estimate of drug-likeness (QED) is 0.647. The highest BCUT2D eigenvalue weighted by atomic mass is 16.5. The summed E-state index contributed by atoms with van der Waals surface area (Å²) in [6.45, 7) is 5.52. The number of hydrogen-bond donors (Lipinski definition) is 0. The van der Waals surface area contributed by atoms with E-state index in [-0.39, 0.29) is 17.6 Å². The fraction of sp³-hybridized carbons (Fsp3) is 0.375. The molecule has 1 amide bonds. The van der Waals surface area contributed by atoms with Crippen molar-refractivity contribution in [1.82, 2.24) is 19.7 Å². The molecule has 2 aromatic carbocycles. The van der Waals surface area contributed by atoms with Gasteiger partial charge in [-0.15, -0.1) is 0 Å². The van der Waals surface area contributed by atoms with Crippen LogP contribution in [0.5, 0.6) is 11.5 Å². The number of rotatable bonds is 4. The average molecular weight is 418 g/mol. The van der Waals surface area contributed by atoms with E-state index in [0.717, 1.165) is 36.4 Å². The summed E-state index contributed by atoms with van der Waals surface area (Å²) in [6.07, 6.45) is 5.65. The van der Waals surface area contributed by atoms with Gasteiger partial charge >= 0.3 is 0 Å². The fourth-order valence-electron chi connectivity index (χ4n) is 4.34. The highest BCUT2D eigenvalue weighted by molar-refractivity contribution is 5.94. The zero-order valence-corrected chi connectivity index (χ0v) is 17.8. The zero-order valence-electron chi connectivity index (χ0n) is 17.8. The smallest absolute Gasteiger partial charge is 0.253 e. The largest absolute Gasteiger partial charge is 0.486 e. The van der Waals surface area contributed by atoms with Crippen LogP contribution in [0.3, 0.4) is 0 Å². The lowest BCUT2D eigenvalue weighted by Gasteiger charge is -2.32. The summed E-state index contributed by atoms with van der Waals surface area (Å²) < 4.78 is 14.1. The van der Waals surface area contributed by atoms with Gasteiger partial charge in [-0.1, -0.05) is 18.2 Å². The Labute approximate surface area is 181 Å². The third kappa shape index (κ3) is 4.00. The number of likely N-dealkylation sites (tertiary alicyclic amines) is 1. The van der Waals surface area contributed by atoms with Gasteiger partial charge in [0.05, 0.1) is 5.69 Å². The Morgan fingerprint density at radius 3 is 2.74 bits per heavy atom. The molecule has 5 rings (SSSR count). The van der Waals surface area contributed by atoms with E-state index in [2.05, 4.69) is 30.0 Å². The summed E-state index contributed by atoms with van der Waals surface area (Å²) in [6, 6.07) is 13.6. The monoisotopic (exact) mass is 418 g/mol. The molecule has 0 unspecified atom stereocenters. The van der Waals surface area contributed by atoms with Crippen LogP contribution in [-0.2, 0) is 6.42 Å². The van der Waals surface area contributed by atoms with Crippen molar-refractivity contribution in [3.63, 3.8) is 0 Å². The van der Waals surface area contributed by atoms with E-state index in [0.29, 0.717) is 18.7 Å². The van der Waals surface area contributed by atoms with Crippen molar-refractivity contribution in [2.24, 2.45) is 0 Å². The van der Waals surface area contributed by atoms with E-state index < -0.39 is 0 Å². The number of hydrogen-bond acceptors (Lipinski definition) is 5. The first-order chi connectivity index (χ1) is 15.0.